The molecular weight excluding hydrogens is 311 g/mol. The number of rotatable bonds is 5. The van der Waals surface area contributed by atoms with Gasteiger partial charge in [0.15, 0.2) is 0 Å². The van der Waals surface area contributed by atoms with Gasteiger partial charge >= 0.3 is 12.1 Å². The van der Waals surface area contributed by atoms with Gasteiger partial charge in [-0.3, -0.25) is 4.79 Å². The number of hydrogen-bond donors (Lipinski definition) is 2. The molecule has 1 saturated carbocycles. The average Bonchev–Trinajstić information content (AvgIpc) is 2.34. The smallest absolute Gasteiger partial charge is 0.391 e. The Hall–Kier alpha value is -0.830. The van der Waals surface area contributed by atoms with Gasteiger partial charge in [-0.25, -0.2) is 13.1 Å². The Balaban J connectivity index is 2.71. The number of halogens is 3. The summed E-state index contributed by atoms with van der Waals surface area (Å²) >= 11 is 0. The van der Waals surface area contributed by atoms with Crippen molar-refractivity contribution in [1.29, 1.82) is 0 Å². The summed E-state index contributed by atoms with van der Waals surface area (Å²) < 4.78 is 63.9. The third-order valence-electron chi connectivity index (χ3n) is 3.80. The van der Waals surface area contributed by atoms with Gasteiger partial charge in [-0.1, -0.05) is 13.8 Å². The number of carbonyl (C=O) groups is 1. The average molecular weight is 331 g/mol. The summed E-state index contributed by atoms with van der Waals surface area (Å²) in [5.74, 6) is -3.22. The van der Waals surface area contributed by atoms with E-state index in [1.165, 1.54) is 0 Å². The second-order valence-electron chi connectivity index (χ2n) is 5.74. The monoisotopic (exact) mass is 331 g/mol. The molecule has 0 aromatic heterocycles. The molecule has 1 atom stereocenters. The lowest BCUT2D eigenvalue weighted by molar-refractivity contribution is -0.181. The second kappa shape index (κ2) is 6.51. The lowest BCUT2D eigenvalue weighted by atomic mass is 9.88. The molecule has 1 aliphatic rings. The number of sulfonamides is 1. The molecule has 21 heavy (non-hydrogen) atoms. The highest BCUT2D eigenvalue weighted by atomic mass is 32.2. The van der Waals surface area contributed by atoms with Crippen molar-refractivity contribution in [2.75, 3.05) is 0 Å². The van der Waals surface area contributed by atoms with E-state index in [4.69, 9.17) is 5.11 Å². The first kappa shape index (κ1) is 18.2. The highest BCUT2D eigenvalue weighted by Gasteiger charge is 2.44. The van der Waals surface area contributed by atoms with E-state index in [1.807, 2.05) is 0 Å². The Kier molecular flexibility index (Phi) is 5.65. The predicted octanol–water partition coefficient (Wildman–Crippen LogP) is 2.14. The molecule has 1 fully saturated rings. The lowest BCUT2D eigenvalue weighted by Gasteiger charge is -2.30. The molecule has 0 amide bonds. The summed E-state index contributed by atoms with van der Waals surface area (Å²) in [5, 5.41) is 8.02. The van der Waals surface area contributed by atoms with Crippen LogP contribution < -0.4 is 4.72 Å². The summed E-state index contributed by atoms with van der Waals surface area (Å²) in [4.78, 5) is 11.0. The summed E-state index contributed by atoms with van der Waals surface area (Å²) in [5.41, 5.74) is 0. The van der Waals surface area contributed by atoms with Crippen LogP contribution in [0.15, 0.2) is 0 Å². The van der Waals surface area contributed by atoms with Crippen molar-refractivity contribution in [3.8, 4) is 0 Å². The molecule has 0 aromatic carbocycles. The Morgan fingerprint density at radius 1 is 1.19 bits per heavy atom. The lowest BCUT2D eigenvalue weighted by Crippen LogP contribution is -2.48. The molecule has 5 nitrogen and oxygen atoms in total. The zero-order valence-corrected chi connectivity index (χ0v) is 12.7. The van der Waals surface area contributed by atoms with Gasteiger partial charge in [0, 0.05) is 0 Å². The molecule has 0 bridgehead atoms. The number of carboxylic acids is 1. The molecule has 0 radical (unpaired) electrons. The number of aliphatic carboxylic acids is 1. The van der Waals surface area contributed by atoms with Crippen molar-refractivity contribution in [3.63, 3.8) is 0 Å². The molecule has 0 aromatic rings. The Labute approximate surface area is 122 Å². The van der Waals surface area contributed by atoms with E-state index in [9.17, 15) is 26.4 Å². The summed E-state index contributed by atoms with van der Waals surface area (Å²) in [6, 6.07) is -1.27. The summed E-state index contributed by atoms with van der Waals surface area (Å²) in [6.07, 6.45) is -5.00. The molecule has 2 N–H and O–H groups in total. The molecule has 1 aliphatic carbocycles. The zero-order valence-electron chi connectivity index (χ0n) is 11.9. The van der Waals surface area contributed by atoms with E-state index in [-0.39, 0.29) is 25.7 Å². The third-order valence-corrected chi connectivity index (χ3v) is 5.73. The first-order chi connectivity index (χ1) is 9.45. The van der Waals surface area contributed by atoms with Crippen LogP contribution in [0.4, 0.5) is 13.2 Å². The molecule has 9 heteroatoms. The van der Waals surface area contributed by atoms with Crippen molar-refractivity contribution >= 4 is 16.0 Å². The van der Waals surface area contributed by atoms with Gasteiger partial charge in [-0.15, -0.1) is 0 Å². The van der Waals surface area contributed by atoms with E-state index in [1.54, 1.807) is 13.8 Å². The van der Waals surface area contributed by atoms with E-state index in [2.05, 4.69) is 4.72 Å². The predicted molar refractivity (Wildman–Crippen MR) is 70.1 cm³/mol. The SMILES string of the molecule is CC(C)C(NS(=O)(=O)C1CCC(C(F)(F)F)CC1)C(=O)O. The second-order valence-corrected chi connectivity index (χ2v) is 7.73. The van der Waals surface area contributed by atoms with Crippen LogP contribution in [0.2, 0.25) is 0 Å². The van der Waals surface area contributed by atoms with Crippen LogP contribution in [0.25, 0.3) is 0 Å². The van der Waals surface area contributed by atoms with Crippen molar-refractivity contribution < 1.29 is 31.5 Å². The maximum atomic E-state index is 12.5. The highest BCUT2D eigenvalue weighted by molar-refractivity contribution is 7.90. The topological polar surface area (TPSA) is 83.5 Å². The Morgan fingerprint density at radius 3 is 2.00 bits per heavy atom. The van der Waals surface area contributed by atoms with Gasteiger partial charge in [0.1, 0.15) is 6.04 Å². The van der Waals surface area contributed by atoms with Crippen LogP contribution in [-0.2, 0) is 14.8 Å². The van der Waals surface area contributed by atoms with Gasteiger partial charge < -0.3 is 5.11 Å². The van der Waals surface area contributed by atoms with Crippen LogP contribution in [-0.4, -0.2) is 37.0 Å². The molecular formula is C12H20F3NO4S. The van der Waals surface area contributed by atoms with Gasteiger partial charge in [-0.05, 0) is 31.6 Å². The fourth-order valence-electron chi connectivity index (χ4n) is 2.45. The van der Waals surface area contributed by atoms with Gasteiger partial charge in [0.2, 0.25) is 10.0 Å². The van der Waals surface area contributed by atoms with Crippen molar-refractivity contribution in [3.05, 3.63) is 0 Å². The number of hydrogen-bond acceptors (Lipinski definition) is 3. The van der Waals surface area contributed by atoms with Crippen LogP contribution in [0.5, 0.6) is 0 Å². The summed E-state index contributed by atoms with van der Waals surface area (Å²) in [7, 11) is -3.94. The van der Waals surface area contributed by atoms with Crippen molar-refractivity contribution in [2.45, 2.75) is 57.0 Å². The fraction of sp³-hybridized carbons (Fsp3) is 0.917. The van der Waals surface area contributed by atoms with E-state index < -0.39 is 45.3 Å². The number of carboxylic acid groups (broad SMARTS) is 1. The van der Waals surface area contributed by atoms with Crippen molar-refractivity contribution in [2.24, 2.45) is 11.8 Å². The molecule has 0 spiro atoms. The van der Waals surface area contributed by atoms with Gasteiger partial charge in [0.25, 0.3) is 0 Å². The normalized spacial score (nSPS) is 25.8. The van der Waals surface area contributed by atoms with Crippen LogP contribution in [0.3, 0.4) is 0 Å². The standard InChI is InChI=1S/C12H20F3NO4S/c1-7(2)10(11(17)18)16-21(19,20)9-5-3-8(4-6-9)12(13,14)15/h7-10,16H,3-6H2,1-2H3,(H,17,18). The Morgan fingerprint density at radius 2 is 1.67 bits per heavy atom. The maximum Gasteiger partial charge on any atom is 0.391 e. The van der Waals surface area contributed by atoms with Crippen LogP contribution in [0, 0.1) is 11.8 Å². The van der Waals surface area contributed by atoms with E-state index in [0.29, 0.717) is 0 Å². The highest BCUT2D eigenvalue weighted by Crippen LogP contribution is 2.39. The van der Waals surface area contributed by atoms with E-state index >= 15 is 0 Å². The third kappa shape index (κ3) is 4.84. The minimum Gasteiger partial charge on any atom is -0.480 e. The minimum atomic E-state index is -4.30. The summed E-state index contributed by atoms with van der Waals surface area (Å²) in [6.45, 7) is 3.11. The number of alkyl halides is 3. The molecule has 1 unspecified atom stereocenters. The van der Waals surface area contributed by atoms with Crippen LogP contribution in [0.1, 0.15) is 39.5 Å². The first-order valence-corrected chi connectivity index (χ1v) is 8.30. The van der Waals surface area contributed by atoms with Crippen molar-refractivity contribution in [1.82, 2.24) is 4.72 Å². The molecule has 0 saturated heterocycles. The first-order valence-electron chi connectivity index (χ1n) is 6.75. The fourth-order valence-corrected chi connectivity index (χ4v) is 4.26. The molecule has 0 aliphatic heterocycles. The quantitative estimate of drug-likeness (QED) is 0.808. The largest absolute Gasteiger partial charge is 0.480 e. The molecule has 0 heterocycles. The Bertz CT molecular complexity index is 467. The van der Waals surface area contributed by atoms with Gasteiger partial charge in [0.05, 0.1) is 11.2 Å². The molecule has 1 rings (SSSR count). The van der Waals surface area contributed by atoms with Crippen LogP contribution >= 0.6 is 0 Å². The zero-order chi connectivity index (χ0) is 16.4. The number of nitrogens with one attached hydrogen (secondary N) is 1. The van der Waals surface area contributed by atoms with E-state index in [0.717, 1.165) is 0 Å². The minimum absolute atomic E-state index is 0.107. The van der Waals surface area contributed by atoms with Gasteiger partial charge in [-0.2, -0.15) is 13.2 Å². The maximum absolute atomic E-state index is 12.5. The molecule has 124 valence electrons.